The highest BCUT2D eigenvalue weighted by atomic mass is 127. The number of guanidine groups is 1. The maximum atomic E-state index is 4.58. The summed E-state index contributed by atoms with van der Waals surface area (Å²) in [6.45, 7) is 3.61. The van der Waals surface area contributed by atoms with Gasteiger partial charge in [0.1, 0.15) is 0 Å². The lowest BCUT2D eigenvalue weighted by molar-refractivity contribution is 0.613. The molecule has 1 aromatic heterocycles. The smallest absolute Gasteiger partial charge is 0.191 e. The van der Waals surface area contributed by atoms with Crippen LogP contribution < -0.4 is 10.6 Å². The molecule has 2 rings (SSSR count). The van der Waals surface area contributed by atoms with Crippen molar-refractivity contribution in [2.75, 3.05) is 6.54 Å². The van der Waals surface area contributed by atoms with Gasteiger partial charge in [0.25, 0.3) is 0 Å². The highest BCUT2D eigenvalue weighted by molar-refractivity contribution is 14.0. The van der Waals surface area contributed by atoms with Crippen molar-refractivity contribution in [3.8, 4) is 0 Å². The first-order chi connectivity index (χ1) is 8.88. The number of halogens is 1. The molecule has 1 aliphatic carbocycles. The summed E-state index contributed by atoms with van der Waals surface area (Å²) >= 11 is 0. The first-order valence-corrected chi connectivity index (χ1v) is 6.83. The number of hydrogen-bond donors (Lipinski definition) is 2. The number of pyridine rings is 1. The van der Waals surface area contributed by atoms with Crippen LogP contribution in [0.2, 0.25) is 0 Å². The number of hydrogen-bond acceptors (Lipinski definition) is 2. The van der Waals surface area contributed by atoms with E-state index in [2.05, 4.69) is 27.5 Å². The standard InChI is InChI=1S/C14H22N4.HI/c1-2-15-14(18-12-7-3-4-8-12)17-11-13-9-5-6-10-16-13;/h5-6,9-10,12H,2-4,7-8,11H2,1H3,(H2,15,17,18);1H. The average Bonchev–Trinajstić information content (AvgIpc) is 2.90. The van der Waals surface area contributed by atoms with Crippen molar-refractivity contribution >= 4 is 29.9 Å². The lowest BCUT2D eigenvalue weighted by Crippen LogP contribution is -2.42. The Labute approximate surface area is 132 Å². The fourth-order valence-electron chi connectivity index (χ4n) is 2.24. The third-order valence-corrected chi connectivity index (χ3v) is 3.17. The van der Waals surface area contributed by atoms with Gasteiger partial charge in [-0.25, -0.2) is 4.99 Å². The fraction of sp³-hybridized carbons (Fsp3) is 0.571. The maximum Gasteiger partial charge on any atom is 0.191 e. The van der Waals surface area contributed by atoms with Crippen LogP contribution in [0.25, 0.3) is 0 Å². The van der Waals surface area contributed by atoms with Crippen LogP contribution in [-0.2, 0) is 6.54 Å². The van der Waals surface area contributed by atoms with E-state index < -0.39 is 0 Å². The van der Waals surface area contributed by atoms with Gasteiger partial charge in [0, 0.05) is 18.8 Å². The zero-order valence-electron chi connectivity index (χ0n) is 11.4. The largest absolute Gasteiger partial charge is 0.357 e. The molecule has 2 N–H and O–H groups in total. The second-order valence-corrected chi connectivity index (χ2v) is 4.64. The molecule has 0 atom stereocenters. The van der Waals surface area contributed by atoms with Gasteiger partial charge in [0.15, 0.2) is 5.96 Å². The molecule has 1 aromatic rings. The SMILES string of the molecule is CCNC(=NCc1ccccn1)NC1CCCC1.I. The Kier molecular flexibility index (Phi) is 7.78. The van der Waals surface area contributed by atoms with Crippen LogP contribution in [0, 0.1) is 0 Å². The Morgan fingerprint density at radius 3 is 2.79 bits per heavy atom. The number of rotatable bonds is 4. The predicted molar refractivity (Wildman–Crippen MR) is 89.9 cm³/mol. The minimum absolute atomic E-state index is 0. The van der Waals surface area contributed by atoms with E-state index in [9.17, 15) is 0 Å². The van der Waals surface area contributed by atoms with E-state index in [1.54, 1.807) is 0 Å². The lowest BCUT2D eigenvalue weighted by Gasteiger charge is -2.16. The van der Waals surface area contributed by atoms with Gasteiger partial charge in [-0.1, -0.05) is 18.9 Å². The Balaban J connectivity index is 0.00000180. The molecule has 1 saturated carbocycles. The highest BCUT2D eigenvalue weighted by Gasteiger charge is 2.15. The van der Waals surface area contributed by atoms with E-state index in [0.717, 1.165) is 18.2 Å². The molecule has 0 radical (unpaired) electrons. The maximum absolute atomic E-state index is 4.58. The summed E-state index contributed by atoms with van der Waals surface area (Å²) in [7, 11) is 0. The van der Waals surface area contributed by atoms with Gasteiger partial charge >= 0.3 is 0 Å². The summed E-state index contributed by atoms with van der Waals surface area (Å²) in [5.74, 6) is 0.912. The molecule has 1 fully saturated rings. The van der Waals surface area contributed by atoms with Crippen molar-refractivity contribution in [1.82, 2.24) is 15.6 Å². The molecule has 0 aliphatic heterocycles. The monoisotopic (exact) mass is 374 g/mol. The van der Waals surface area contributed by atoms with Gasteiger partial charge in [-0.05, 0) is 31.9 Å². The Hall–Kier alpha value is -0.850. The first-order valence-electron chi connectivity index (χ1n) is 6.83. The zero-order chi connectivity index (χ0) is 12.6. The summed E-state index contributed by atoms with van der Waals surface area (Å²) in [6, 6.07) is 6.51. The van der Waals surface area contributed by atoms with Crippen LogP contribution in [-0.4, -0.2) is 23.5 Å². The molecule has 0 aromatic carbocycles. The van der Waals surface area contributed by atoms with Gasteiger partial charge in [-0.15, -0.1) is 24.0 Å². The summed E-state index contributed by atoms with van der Waals surface area (Å²) in [6.07, 6.45) is 6.98. The molecule has 1 aliphatic rings. The van der Waals surface area contributed by atoms with E-state index in [1.807, 2.05) is 24.4 Å². The van der Waals surface area contributed by atoms with Crippen molar-refractivity contribution in [2.45, 2.75) is 45.2 Å². The second kappa shape index (κ2) is 9.12. The van der Waals surface area contributed by atoms with Crippen molar-refractivity contribution in [3.63, 3.8) is 0 Å². The normalized spacial score (nSPS) is 15.9. The molecule has 0 saturated heterocycles. The number of nitrogens with one attached hydrogen (secondary N) is 2. The molecule has 0 amide bonds. The number of aliphatic imine (C=N–C) groups is 1. The van der Waals surface area contributed by atoms with E-state index >= 15 is 0 Å². The minimum Gasteiger partial charge on any atom is -0.357 e. The molecule has 106 valence electrons. The van der Waals surface area contributed by atoms with Gasteiger partial charge in [-0.3, -0.25) is 4.98 Å². The Bertz CT molecular complexity index is 374. The molecule has 19 heavy (non-hydrogen) atoms. The van der Waals surface area contributed by atoms with E-state index in [0.29, 0.717) is 12.6 Å². The third-order valence-electron chi connectivity index (χ3n) is 3.17. The number of aromatic nitrogens is 1. The molecule has 0 spiro atoms. The third kappa shape index (κ3) is 5.76. The summed E-state index contributed by atoms with van der Waals surface area (Å²) in [5, 5.41) is 6.79. The second-order valence-electron chi connectivity index (χ2n) is 4.64. The molecule has 1 heterocycles. The van der Waals surface area contributed by atoms with Crippen LogP contribution in [0.3, 0.4) is 0 Å². The molecule has 0 unspecified atom stereocenters. The summed E-state index contributed by atoms with van der Waals surface area (Å²) in [5.41, 5.74) is 1.00. The summed E-state index contributed by atoms with van der Waals surface area (Å²) in [4.78, 5) is 8.86. The van der Waals surface area contributed by atoms with Gasteiger partial charge in [-0.2, -0.15) is 0 Å². The van der Waals surface area contributed by atoms with Gasteiger partial charge < -0.3 is 10.6 Å². The first kappa shape index (κ1) is 16.2. The predicted octanol–water partition coefficient (Wildman–Crippen LogP) is 2.70. The lowest BCUT2D eigenvalue weighted by atomic mass is 10.2. The number of nitrogens with zero attached hydrogens (tertiary/aromatic N) is 2. The van der Waals surface area contributed by atoms with E-state index in [4.69, 9.17) is 0 Å². The van der Waals surface area contributed by atoms with Crippen LogP contribution in [0.15, 0.2) is 29.4 Å². The molecular weight excluding hydrogens is 351 g/mol. The van der Waals surface area contributed by atoms with Crippen LogP contribution in [0.5, 0.6) is 0 Å². The van der Waals surface area contributed by atoms with Crippen molar-refractivity contribution in [1.29, 1.82) is 0 Å². The van der Waals surface area contributed by atoms with Crippen LogP contribution in [0.4, 0.5) is 0 Å². The topological polar surface area (TPSA) is 49.3 Å². The van der Waals surface area contributed by atoms with Gasteiger partial charge in [0.05, 0.1) is 12.2 Å². The Morgan fingerprint density at radius 1 is 1.37 bits per heavy atom. The van der Waals surface area contributed by atoms with Crippen LogP contribution >= 0.6 is 24.0 Å². The molecular formula is C14H23IN4. The Morgan fingerprint density at radius 2 is 2.16 bits per heavy atom. The van der Waals surface area contributed by atoms with Crippen molar-refractivity contribution in [3.05, 3.63) is 30.1 Å². The molecule has 0 bridgehead atoms. The summed E-state index contributed by atoms with van der Waals surface area (Å²) < 4.78 is 0. The van der Waals surface area contributed by atoms with Crippen molar-refractivity contribution in [2.24, 2.45) is 4.99 Å². The van der Waals surface area contributed by atoms with Gasteiger partial charge in [0.2, 0.25) is 0 Å². The fourth-order valence-corrected chi connectivity index (χ4v) is 2.24. The molecule has 5 heteroatoms. The minimum atomic E-state index is 0. The van der Waals surface area contributed by atoms with Crippen molar-refractivity contribution < 1.29 is 0 Å². The zero-order valence-corrected chi connectivity index (χ0v) is 13.8. The highest BCUT2D eigenvalue weighted by Crippen LogP contribution is 2.17. The van der Waals surface area contributed by atoms with E-state index in [-0.39, 0.29) is 24.0 Å². The van der Waals surface area contributed by atoms with E-state index in [1.165, 1.54) is 25.7 Å². The van der Waals surface area contributed by atoms with Crippen LogP contribution in [0.1, 0.15) is 38.3 Å². The average molecular weight is 374 g/mol. The quantitative estimate of drug-likeness (QED) is 0.484. The molecule has 4 nitrogen and oxygen atoms in total.